The van der Waals surface area contributed by atoms with Crippen LogP contribution in [0.3, 0.4) is 0 Å². The molecule has 0 radical (unpaired) electrons. The van der Waals surface area contributed by atoms with Crippen LogP contribution in [0.25, 0.3) is 0 Å². The van der Waals surface area contributed by atoms with E-state index in [-0.39, 0.29) is 9.79 Å². The molecule has 2 aromatic carbocycles. The van der Waals surface area contributed by atoms with E-state index in [1.54, 1.807) is 44.2 Å². The summed E-state index contributed by atoms with van der Waals surface area (Å²) in [6, 6.07) is 14.6. The van der Waals surface area contributed by atoms with Gasteiger partial charge in [-0.15, -0.1) is 0 Å². The topological polar surface area (TPSA) is 143 Å². The van der Waals surface area contributed by atoms with Crippen LogP contribution in [0.15, 0.2) is 79.7 Å². The summed E-state index contributed by atoms with van der Waals surface area (Å²) in [6.07, 6.45) is 4.17. The van der Waals surface area contributed by atoms with Gasteiger partial charge in [-0.25, -0.2) is 26.8 Å². The van der Waals surface area contributed by atoms with E-state index in [9.17, 15) is 16.8 Å². The van der Waals surface area contributed by atoms with Crippen molar-refractivity contribution in [3.05, 3.63) is 65.7 Å². The van der Waals surface area contributed by atoms with E-state index in [0.29, 0.717) is 28.2 Å². The minimum Gasteiger partial charge on any atom is -0.261 e. The van der Waals surface area contributed by atoms with Gasteiger partial charge in [0.25, 0.3) is 0 Å². The molecule has 0 fully saturated rings. The molecule has 190 valence electrons. The van der Waals surface area contributed by atoms with E-state index in [1.165, 1.54) is 36.0 Å². The summed E-state index contributed by atoms with van der Waals surface area (Å²) in [7, 11) is -6.53. The maximum atomic E-state index is 11.6. The highest BCUT2D eigenvalue weighted by molar-refractivity contribution is 7.98. The second-order valence-corrected chi connectivity index (χ2v) is 12.6. The summed E-state index contributed by atoms with van der Waals surface area (Å²) in [5.74, 6) is 0.878. The third-order valence-corrected chi connectivity index (χ3v) is 7.77. The molecule has 0 aliphatic carbocycles. The normalized spacial score (nSPS) is 12.9. The zero-order chi connectivity index (χ0) is 26.5. The number of thioether (sulfide) groups is 1. The number of hydrogen-bond donors (Lipinski definition) is 2. The zero-order valence-corrected chi connectivity index (χ0v) is 22.8. The monoisotopic (exact) mass is 546 g/mol. The van der Waals surface area contributed by atoms with Gasteiger partial charge in [0.1, 0.15) is 0 Å². The van der Waals surface area contributed by atoms with Crippen molar-refractivity contribution in [2.45, 2.75) is 28.8 Å². The number of hydrazone groups is 2. The molecular formula is C23H26N6O4S3. The summed E-state index contributed by atoms with van der Waals surface area (Å²) in [5.41, 5.74) is 8.60. The van der Waals surface area contributed by atoms with Crippen LogP contribution in [-0.2, 0) is 19.7 Å². The van der Waals surface area contributed by atoms with Crippen LogP contribution < -0.4 is 10.9 Å². The smallest absolute Gasteiger partial charge is 0.191 e. The second kappa shape index (κ2) is 11.2. The fourth-order valence-electron chi connectivity index (χ4n) is 2.93. The fraction of sp³-hybridized carbons (Fsp3) is 0.217. The van der Waals surface area contributed by atoms with Crippen LogP contribution in [0, 0.1) is 0 Å². The number of hydrogen-bond acceptors (Lipinski definition) is 11. The third kappa shape index (κ3) is 7.35. The summed E-state index contributed by atoms with van der Waals surface area (Å²) < 4.78 is 46.6. The Kier molecular flexibility index (Phi) is 8.48. The highest BCUT2D eigenvalue weighted by Crippen LogP contribution is 2.18. The van der Waals surface area contributed by atoms with Crippen LogP contribution >= 0.6 is 11.8 Å². The van der Waals surface area contributed by atoms with E-state index in [4.69, 9.17) is 0 Å². The van der Waals surface area contributed by atoms with Gasteiger partial charge in [0.15, 0.2) is 36.5 Å². The molecule has 0 bridgehead atoms. The lowest BCUT2D eigenvalue weighted by Crippen LogP contribution is -2.05. The van der Waals surface area contributed by atoms with Crippen molar-refractivity contribution in [1.82, 2.24) is 9.97 Å². The molecule has 0 saturated heterocycles. The van der Waals surface area contributed by atoms with Crippen molar-refractivity contribution in [2.24, 2.45) is 10.2 Å². The average molecular weight is 547 g/mol. The molecule has 3 rings (SSSR count). The fourth-order valence-corrected chi connectivity index (χ4v) is 4.57. The lowest BCUT2D eigenvalue weighted by molar-refractivity contribution is 0.600. The molecule has 0 aliphatic heterocycles. The van der Waals surface area contributed by atoms with Crippen molar-refractivity contribution in [1.29, 1.82) is 0 Å². The first kappa shape index (κ1) is 27.3. The van der Waals surface area contributed by atoms with Crippen LogP contribution in [0.1, 0.15) is 25.0 Å². The predicted octanol–water partition coefficient (Wildman–Crippen LogP) is 3.68. The number of rotatable bonds is 9. The van der Waals surface area contributed by atoms with Crippen molar-refractivity contribution in [3.63, 3.8) is 0 Å². The molecule has 0 amide bonds. The maximum absolute atomic E-state index is 11.6. The third-order valence-electron chi connectivity index (χ3n) is 4.97. The van der Waals surface area contributed by atoms with Crippen molar-refractivity contribution >= 4 is 54.5 Å². The quantitative estimate of drug-likeness (QED) is 0.178. The number of nitrogens with zero attached hydrogens (tertiary/aromatic N) is 4. The van der Waals surface area contributed by atoms with Gasteiger partial charge in [-0.2, -0.15) is 10.2 Å². The Morgan fingerprint density at radius 3 is 1.39 bits per heavy atom. The Hall–Kier alpha value is -3.29. The Morgan fingerprint density at radius 1 is 0.722 bits per heavy atom. The highest BCUT2D eigenvalue weighted by Gasteiger charge is 2.09. The molecule has 0 aliphatic rings. The summed E-state index contributed by atoms with van der Waals surface area (Å²) in [6.45, 7) is 3.59. The molecule has 0 unspecified atom stereocenters. The van der Waals surface area contributed by atoms with Crippen molar-refractivity contribution < 1.29 is 16.8 Å². The molecular weight excluding hydrogens is 520 g/mol. The van der Waals surface area contributed by atoms with Crippen LogP contribution in [0.2, 0.25) is 0 Å². The van der Waals surface area contributed by atoms with Gasteiger partial charge in [0.05, 0.1) is 21.2 Å². The van der Waals surface area contributed by atoms with Crippen LogP contribution in [0.4, 0.5) is 11.6 Å². The molecule has 0 saturated carbocycles. The molecule has 36 heavy (non-hydrogen) atoms. The lowest BCUT2D eigenvalue weighted by atomic mass is 10.1. The molecule has 1 heterocycles. The second-order valence-electron chi connectivity index (χ2n) is 7.84. The summed E-state index contributed by atoms with van der Waals surface area (Å²) >= 11 is 1.35. The van der Waals surface area contributed by atoms with Crippen LogP contribution in [-0.4, -0.2) is 57.0 Å². The maximum Gasteiger partial charge on any atom is 0.191 e. The van der Waals surface area contributed by atoms with Gasteiger partial charge in [0, 0.05) is 18.6 Å². The molecule has 13 heteroatoms. The summed E-state index contributed by atoms with van der Waals surface area (Å²) in [5, 5.41) is 9.20. The molecule has 0 atom stereocenters. The SMILES string of the molecule is CSc1nc(NN=C(C)c2ccc(S(C)(=O)=O)cc2)cc(NN=C(C)c2ccc(S(C)(=O)=O)cc2)n1. The Balaban J connectivity index is 1.76. The minimum atomic E-state index is -3.27. The van der Waals surface area contributed by atoms with Gasteiger partial charge < -0.3 is 0 Å². The minimum absolute atomic E-state index is 0.241. The lowest BCUT2D eigenvalue weighted by Gasteiger charge is -2.08. The first-order valence-corrected chi connectivity index (χ1v) is 15.5. The predicted molar refractivity (Wildman–Crippen MR) is 145 cm³/mol. The van der Waals surface area contributed by atoms with E-state index in [0.717, 1.165) is 23.6 Å². The van der Waals surface area contributed by atoms with Crippen molar-refractivity contribution in [2.75, 3.05) is 29.6 Å². The van der Waals surface area contributed by atoms with Gasteiger partial charge >= 0.3 is 0 Å². The van der Waals surface area contributed by atoms with E-state index in [2.05, 4.69) is 31.0 Å². The van der Waals surface area contributed by atoms with Gasteiger partial charge in [-0.3, -0.25) is 10.9 Å². The van der Waals surface area contributed by atoms with Gasteiger partial charge in [0.2, 0.25) is 0 Å². The van der Waals surface area contributed by atoms with Crippen molar-refractivity contribution in [3.8, 4) is 0 Å². The van der Waals surface area contributed by atoms with Crippen LogP contribution in [0.5, 0.6) is 0 Å². The Morgan fingerprint density at radius 2 is 1.08 bits per heavy atom. The molecule has 0 spiro atoms. The highest BCUT2D eigenvalue weighted by atomic mass is 32.2. The Bertz CT molecular complexity index is 1410. The first-order chi connectivity index (χ1) is 16.9. The largest absolute Gasteiger partial charge is 0.261 e. The molecule has 1 aromatic heterocycles. The number of anilines is 2. The van der Waals surface area contributed by atoms with E-state index in [1.807, 2.05) is 6.26 Å². The summed E-state index contributed by atoms with van der Waals surface area (Å²) in [4.78, 5) is 9.26. The zero-order valence-electron chi connectivity index (χ0n) is 20.3. The van der Waals surface area contributed by atoms with E-state index >= 15 is 0 Å². The molecule has 2 N–H and O–H groups in total. The number of sulfone groups is 2. The number of benzene rings is 2. The molecule has 10 nitrogen and oxygen atoms in total. The van der Waals surface area contributed by atoms with Gasteiger partial charge in [-0.05, 0) is 55.5 Å². The average Bonchev–Trinajstić information content (AvgIpc) is 2.84. The first-order valence-electron chi connectivity index (χ1n) is 10.5. The number of aromatic nitrogens is 2. The Labute approximate surface area is 215 Å². The molecule has 3 aromatic rings. The van der Waals surface area contributed by atoms with E-state index < -0.39 is 19.7 Å². The standard InChI is InChI=1S/C23H26N6O4S3/c1-15(17-6-10-19(11-7-17)35(4,30)31)26-28-21-14-22(25-23(24-21)34-3)29-27-16(2)18-8-12-20(13-9-18)36(5,32)33/h6-14H,1-5H3,(H2,24,25,28,29). The number of nitrogens with one attached hydrogen (secondary N) is 2. The van der Waals surface area contributed by atoms with Gasteiger partial charge in [-0.1, -0.05) is 36.0 Å².